The van der Waals surface area contributed by atoms with E-state index >= 15 is 0 Å². The summed E-state index contributed by atoms with van der Waals surface area (Å²) in [5.41, 5.74) is 0.620. The number of thiazole rings is 1. The van der Waals surface area contributed by atoms with Crippen LogP contribution >= 0.6 is 11.3 Å². The molecule has 3 aliphatic rings. The summed E-state index contributed by atoms with van der Waals surface area (Å²) in [5.74, 6) is -0.634. The van der Waals surface area contributed by atoms with E-state index in [1.807, 2.05) is 42.2 Å². The van der Waals surface area contributed by atoms with Crippen molar-refractivity contribution in [2.24, 2.45) is 11.8 Å². The van der Waals surface area contributed by atoms with Gasteiger partial charge < -0.3 is 15.3 Å². The molecular formula is C27H33N3O4S. The Morgan fingerprint density at radius 2 is 1.97 bits per heavy atom. The van der Waals surface area contributed by atoms with E-state index in [2.05, 4.69) is 10.3 Å². The lowest BCUT2D eigenvalue weighted by Gasteiger charge is -2.53. The van der Waals surface area contributed by atoms with E-state index in [1.165, 1.54) is 11.3 Å². The Labute approximate surface area is 209 Å². The van der Waals surface area contributed by atoms with Gasteiger partial charge in [0, 0.05) is 37.8 Å². The van der Waals surface area contributed by atoms with E-state index in [1.54, 1.807) is 0 Å². The Balaban J connectivity index is 1.34. The number of Topliss-reactive ketones (excluding diaryl/α,β-unsaturated/α-hetero) is 1. The number of carbonyl (C=O) groups excluding carboxylic acids is 3. The number of piperidine rings is 1. The number of fused-ring (bicyclic) bond motifs is 2. The zero-order valence-corrected chi connectivity index (χ0v) is 21.0. The first-order valence-electron chi connectivity index (χ1n) is 12.8. The fraction of sp³-hybridized carbons (Fsp3) is 0.556. The van der Waals surface area contributed by atoms with Crippen molar-refractivity contribution in [3.05, 3.63) is 46.5 Å². The van der Waals surface area contributed by atoms with Gasteiger partial charge >= 0.3 is 0 Å². The summed E-state index contributed by atoms with van der Waals surface area (Å²) >= 11 is 1.21. The number of hydrogen-bond donors (Lipinski definition) is 2. The van der Waals surface area contributed by atoms with Gasteiger partial charge in [0.2, 0.25) is 11.8 Å². The molecule has 2 amide bonds. The van der Waals surface area contributed by atoms with Crippen LogP contribution in [0, 0.1) is 11.8 Å². The standard InChI is InChI=1S/C27H33N3O4S/c1-2-8-23(32)29-26-28-20-15-17(16-22(31)24(20)35-26)25(33)30-14-13-27(34,18-9-4-3-5-10-18)19-11-6-7-12-21(19)30/h3-5,9-10,17,19,21,34H,2,6-8,11-16H2,1H3,(H,28,29,32)/t17-,19-,21-,27+/m0/s1. The number of anilines is 1. The van der Waals surface area contributed by atoms with Gasteiger partial charge in [-0.05, 0) is 31.2 Å². The molecule has 1 aromatic heterocycles. The third kappa shape index (κ3) is 4.54. The van der Waals surface area contributed by atoms with Crippen molar-refractivity contribution in [3.63, 3.8) is 0 Å². The molecule has 1 aromatic carbocycles. The van der Waals surface area contributed by atoms with Gasteiger partial charge in [0.05, 0.1) is 22.1 Å². The van der Waals surface area contributed by atoms with Crippen LogP contribution in [0.1, 0.15) is 79.2 Å². The van der Waals surface area contributed by atoms with Crippen LogP contribution in [0.25, 0.3) is 0 Å². The summed E-state index contributed by atoms with van der Waals surface area (Å²) in [6.45, 7) is 2.42. The second-order valence-corrected chi connectivity index (χ2v) is 11.2. The third-order valence-electron chi connectivity index (χ3n) is 7.93. The Hall–Kier alpha value is -2.58. The van der Waals surface area contributed by atoms with Crippen LogP contribution in [0.3, 0.4) is 0 Å². The fourth-order valence-corrected chi connectivity index (χ4v) is 7.20. The van der Waals surface area contributed by atoms with E-state index < -0.39 is 11.5 Å². The van der Waals surface area contributed by atoms with Gasteiger partial charge in [-0.3, -0.25) is 14.4 Å². The van der Waals surface area contributed by atoms with Crippen LogP contribution in [0.2, 0.25) is 0 Å². The number of aliphatic hydroxyl groups is 1. The predicted molar refractivity (Wildman–Crippen MR) is 134 cm³/mol. The van der Waals surface area contributed by atoms with E-state index in [-0.39, 0.29) is 36.0 Å². The smallest absolute Gasteiger partial charge is 0.226 e. The number of amides is 2. The lowest BCUT2D eigenvalue weighted by Crippen LogP contribution is -2.60. The number of likely N-dealkylation sites (tertiary alicyclic amines) is 1. The average Bonchev–Trinajstić information content (AvgIpc) is 3.27. The van der Waals surface area contributed by atoms with Crippen molar-refractivity contribution in [1.82, 2.24) is 9.88 Å². The highest BCUT2D eigenvalue weighted by Crippen LogP contribution is 2.47. The number of ketones is 1. The molecule has 2 N–H and O–H groups in total. The van der Waals surface area contributed by atoms with Crippen LogP contribution in [-0.4, -0.2) is 45.2 Å². The second-order valence-electron chi connectivity index (χ2n) is 10.2. The van der Waals surface area contributed by atoms with Gasteiger partial charge in [-0.15, -0.1) is 0 Å². The maximum Gasteiger partial charge on any atom is 0.226 e. The molecule has 0 bridgehead atoms. The van der Waals surface area contributed by atoms with Gasteiger partial charge in [0.1, 0.15) is 0 Å². The minimum absolute atomic E-state index is 0.000537. The molecule has 2 fully saturated rings. The molecule has 2 aliphatic carbocycles. The SMILES string of the molecule is CCCC(=O)Nc1nc2c(s1)C(=O)C[C@@H](C(=O)N1CC[C@@](O)(c3ccccc3)[C@H]3CCCC[C@@H]31)C2. The van der Waals surface area contributed by atoms with Crippen LogP contribution < -0.4 is 5.32 Å². The molecule has 1 saturated carbocycles. The molecule has 35 heavy (non-hydrogen) atoms. The zero-order valence-electron chi connectivity index (χ0n) is 20.2. The summed E-state index contributed by atoms with van der Waals surface area (Å²) in [5, 5.41) is 15.0. The molecule has 2 heterocycles. The number of nitrogens with zero attached hydrogens (tertiary/aromatic N) is 2. The number of benzene rings is 1. The molecule has 8 heteroatoms. The summed E-state index contributed by atoms with van der Waals surface area (Å²) in [6, 6.07) is 9.83. The Kier molecular flexibility index (Phi) is 6.77. The largest absolute Gasteiger partial charge is 0.385 e. The van der Waals surface area contributed by atoms with Gasteiger partial charge in [-0.2, -0.15) is 0 Å². The van der Waals surface area contributed by atoms with E-state index in [0.29, 0.717) is 41.5 Å². The lowest BCUT2D eigenvalue weighted by molar-refractivity contribution is -0.158. The van der Waals surface area contributed by atoms with Crippen molar-refractivity contribution in [1.29, 1.82) is 0 Å². The van der Waals surface area contributed by atoms with Gasteiger partial charge in [-0.25, -0.2) is 4.98 Å². The first kappa shape index (κ1) is 24.1. The lowest BCUT2D eigenvalue weighted by atomic mass is 9.66. The molecule has 5 rings (SSSR count). The summed E-state index contributed by atoms with van der Waals surface area (Å²) < 4.78 is 0. The molecule has 186 valence electrons. The van der Waals surface area contributed by atoms with Crippen molar-refractivity contribution in [2.45, 2.75) is 76.4 Å². The van der Waals surface area contributed by atoms with E-state index in [9.17, 15) is 19.5 Å². The number of carbonyl (C=O) groups is 3. The number of rotatable bonds is 5. The first-order chi connectivity index (χ1) is 16.9. The minimum Gasteiger partial charge on any atom is -0.385 e. The molecule has 1 saturated heterocycles. The molecule has 0 unspecified atom stereocenters. The van der Waals surface area contributed by atoms with Gasteiger partial charge in [-0.1, -0.05) is 61.4 Å². The van der Waals surface area contributed by atoms with Crippen LogP contribution in [0.4, 0.5) is 5.13 Å². The molecule has 0 spiro atoms. The van der Waals surface area contributed by atoms with Crippen molar-refractivity contribution in [2.75, 3.05) is 11.9 Å². The molecular weight excluding hydrogens is 462 g/mol. The fourth-order valence-electron chi connectivity index (χ4n) is 6.24. The van der Waals surface area contributed by atoms with Crippen LogP contribution in [-0.2, 0) is 21.6 Å². The average molecular weight is 496 g/mol. The highest BCUT2D eigenvalue weighted by atomic mass is 32.1. The molecule has 2 aromatic rings. The Morgan fingerprint density at radius 1 is 1.20 bits per heavy atom. The highest BCUT2D eigenvalue weighted by Gasteiger charge is 2.51. The zero-order chi connectivity index (χ0) is 24.6. The van der Waals surface area contributed by atoms with Gasteiger partial charge in [0.15, 0.2) is 10.9 Å². The minimum atomic E-state index is -0.931. The number of nitrogens with one attached hydrogen (secondary N) is 1. The highest BCUT2D eigenvalue weighted by molar-refractivity contribution is 7.17. The first-order valence-corrected chi connectivity index (χ1v) is 13.6. The van der Waals surface area contributed by atoms with Crippen LogP contribution in [0.15, 0.2) is 30.3 Å². The van der Waals surface area contributed by atoms with Crippen molar-refractivity contribution >= 4 is 34.1 Å². The van der Waals surface area contributed by atoms with Crippen LogP contribution in [0.5, 0.6) is 0 Å². The quantitative estimate of drug-likeness (QED) is 0.644. The second kappa shape index (κ2) is 9.82. The summed E-state index contributed by atoms with van der Waals surface area (Å²) in [7, 11) is 0. The Morgan fingerprint density at radius 3 is 2.74 bits per heavy atom. The molecule has 4 atom stereocenters. The molecule has 0 radical (unpaired) electrons. The summed E-state index contributed by atoms with van der Waals surface area (Å²) in [4.78, 5) is 45.7. The normalized spacial score (nSPS) is 28.2. The third-order valence-corrected chi connectivity index (χ3v) is 8.98. The number of aromatic nitrogens is 1. The Bertz CT molecular complexity index is 1120. The van der Waals surface area contributed by atoms with Crippen molar-refractivity contribution in [3.8, 4) is 0 Å². The topological polar surface area (TPSA) is 99.6 Å². The molecule has 1 aliphatic heterocycles. The predicted octanol–water partition coefficient (Wildman–Crippen LogP) is 4.31. The maximum absolute atomic E-state index is 13.8. The number of hydrogen-bond acceptors (Lipinski definition) is 6. The summed E-state index contributed by atoms with van der Waals surface area (Å²) in [6.07, 6.45) is 6.09. The molecule has 7 nitrogen and oxygen atoms in total. The monoisotopic (exact) mass is 495 g/mol. The maximum atomic E-state index is 13.8. The van der Waals surface area contributed by atoms with E-state index in [4.69, 9.17) is 0 Å². The van der Waals surface area contributed by atoms with Gasteiger partial charge in [0.25, 0.3) is 0 Å². The van der Waals surface area contributed by atoms with E-state index in [0.717, 1.165) is 37.7 Å². The van der Waals surface area contributed by atoms with Crippen molar-refractivity contribution < 1.29 is 19.5 Å².